The van der Waals surface area contributed by atoms with Gasteiger partial charge in [-0.05, 0) is 37.8 Å². The van der Waals surface area contributed by atoms with Crippen LogP contribution in [0.5, 0.6) is 0 Å². The van der Waals surface area contributed by atoms with E-state index in [9.17, 15) is 14.4 Å². The van der Waals surface area contributed by atoms with Crippen LogP contribution in [-0.4, -0.2) is 51.3 Å². The smallest absolute Gasteiger partial charge is 0.325 e. The molecule has 1 spiro atoms. The predicted molar refractivity (Wildman–Crippen MR) is 113 cm³/mol. The molecule has 0 bridgehead atoms. The van der Waals surface area contributed by atoms with Crippen LogP contribution in [0.1, 0.15) is 49.4 Å². The lowest BCUT2D eigenvalue weighted by atomic mass is 9.73. The highest BCUT2D eigenvalue weighted by molar-refractivity contribution is 6.09. The fraction of sp³-hybridized carbons (Fsp3) is 0.522. The first-order chi connectivity index (χ1) is 14.4. The van der Waals surface area contributed by atoms with Crippen molar-refractivity contribution in [2.75, 3.05) is 13.1 Å². The van der Waals surface area contributed by atoms with Gasteiger partial charge in [0.2, 0.25) is 5.91 Å². The summed E-state index contributed by atoms with van der Waals surface area (Å²) in [6, 6.07) is 5.87. The first-order valence-corrected chi connectivity index (χ1v) is 10.9. The van der Waals surface area contributed by atoms with Gasteiger partial charge in [-0.3, -0.25) is 14.5 Å². The van der Waals surface area contributed by atoms with Crippen LogP contribution >= 0.6 is 0 Å². The SMILES string of the molecule is Cc1ccc2[nH]c3c(c2c1)CN(C(=O)CN1C(=O)NC2(CCCCC2C)C1=O)CC3. The van der Waals surface area contributed by atoms with Crippen molar-refractivity contribution in [2.45, 2.75) is 58.0 Å². The molecule has 2 atom stereocenters. The van der Waals surface area contributed by atoms with Crippen molar-refractivity contribution < 1.29 is 14.4 Å². The minimum absolute atomic E-state index is 0.0924. The summed E-state index contributed by atoms with van der Waals surface area (Å²) in [5.74, 6) is -0.310. The first-order valence-electron chi connectivity index (χ1n) is 10.9. The number of urea groups is 1. The summed E-state index contributed by atoms with van der Waals surface area (Å²) >= 11 is 0. The molecule has 2 aliphatic heterocycles. The number of imide groups is 1. The van der Waals surface area contributed by atoms with Gasteiger partial charge in [0.25, 0.3) is 5.91 Å². The van der Waals surface area contributed by atoms with Crippen LogP contribution in [0.15, 0.2) is 18.2 Å². The second-order valence-corrected chi connectivity index (χ2v) is 9.14. The molecule has 2 unspecified atom stereocenters. The van der Waals surface area contributed by atoms with E-state index in [1.165, 1.54) is 11.3 Å². The van der Waals surface area contributed by atoms with Crippen molar-refractivity contribution in [1.29, 1.82) is 0 Å². The van der Waals surface area contributed by atoms with Gasteiger partial charge < -0.3 is 15.2 Å². The Hall–Kier alpha value is -2.83. The lowest BCUT2D eigenvalue weighted by Gasteiger charge is -2.37. The Morgan fingerprint density at radius 3 is 2.90 bits per heavy atom. The highest BCUT2D eigenvalue weighted by Gasteiger charge is 2.55. The summed E-state index contributed by atoms with van der Waals surface area (Å²) in [4.78, 5) is 45.2. The third-order valence-electron chi connectivity index (χ3n) is 7.28. The van der Waals surface area contributed by atoms with Crippen LogP contribution in [0.3, 0.4) is 0 Å². The molecule has 3 aliphatic rings. The molecule has 2 aromatic rings. The maximum absolute atomic E-state index is 13.2. The number of amides is 4. The number of H-pyrrole nitrogens is 1. The van der Waals surface area contributed by atoms with Crippen LogP contribution < -0.4 is 5.32 Å². The summed E-state index contributed by atoms with van der Waals surface area (Å²) in [7, 11) is 0. The molecular formula is C23H28N4O3. The van der Waals surface area contributed by atoms with Crippen molar-refractivity contribution in [1.82, 2.24) is 20.1 Å². The van der Waals surface area contributed by atoms with E-state index < -0.39 is 11.6 Å². The normalized spacial score (nSPS) is 26.4. The molecule has 158 valence electrons. The molecule has 1 aromatic heterocycles. The molecule has 7 nitrogen and oxygen atoms in total. The number of fused-ring (bicyclic) bond motifs is 3. The zero-order chi connectivity index (χ0) is 21.0. The van der Waals surface area contributed by atoms with E-state index in [0.29, 0.717) is 19.5 Å². The van der Waals surface area contributed by atoms with Crippen molar-refractivity contribution in [3.05, 3.63) is 35.0 Å². The number of nitrogens with zero attached hydrogens (tertiary/aromatic N) is 2. The highest BCUT2D eigenvalue weighted by atomic mass is 16.2. The number of benzene rings is 1. The van der Waals surface area contributed by atoms with Gasteiger partial charge in [-0.2, -0.15) is 0 Å². The Morgan fingerprint density at radius 1 is 1.27 bits per heavy atom. The van der Waals surface area contributed by atoms with Crippen LogP contribution in [0.4, 0.5) is 4.79 Å². The Labute approximate surface area is 175 Å². The van der Waals surface area contributed by atoms with Crippen LogP contribution in [0.2, 0.25) is 0 Å². The number of carbonyl (C=O) groups excluding carboxylic acids is 3. The average Bonchev–Trinajstić information content (AvgIpc) is 3.20. The van der Waals surface area contributed by atoms with Crippen molar-refractivity contribution in [3.63, 3.8) is 0 Å². The quantitative estimate of drug-likeness (QED) is 0.750. The topological polar surface area (TPSA) is 85.5 Å². The summed E-state index contributed by atoms with van der Waals surface area (Å²) in [6.07, 6.45) is 4.32. The van der Waals surface area contributed by atoms with Crippen molar-refractivity contribution in [2.24, 2.45) is 5.92 Å². The summed E-state index contributed by atoms with van der Waals surface area (Å²) in [5.41, 5.74) is 3.76. The van der Waals surface area contributed by atoms with E-state index in [2.05, 4.69) is 35.4 Å². The van der Waals surface area contributed by atoms with Crippen LogP contribution in [-0.2, 0) is 22.6 Å². The predicted octanol–water partition coefficient (Wildman–Crippen LogP) is 2.86. The third kappa shape index (κ3) is 2.82. The zero-order valence-corrected chi connectivity index (χ0v) is 17.6. The lowest BCUT2D eigenvalue weighted by molar-refractivity contribution is -0.141. The first kappa shape index (κ1) is 19.2. The maximum Gasteiger partial charge on any atom is 0.325 e. The lowest BCUT2D eigenvalue weighted by Crippen LogP contribution is -2.54. The number of hydrogen-bond acceptors (Lipinski definition) is 3. The van der Waals surface area contributed by atoms with Crippen LogP contribution in [0.25, 0.3) is 10.9 Å². The molecule has 5 rings (SSSR count). The number of carbonyl (C=O) groups is 3. The molecule has 30 heavy (non-hydrogen) atoms. The number of rotatable bonds is 2. The standard InChI is InChI=1S/C23H28N4O3/c1-14-6-7-18-16(11-14)17-12-26(10-8-19(17)24-18)20(28)13-27-21(29)23(25-22(27)30)9-4-3-5-15(23)2/h6-7,11,15,24H,3-5,8-10,12-13H2,1-2H3,(H,25,30). The van der Waals surface area contributed by atoms with Gasteiger partial charge in [0.15, 0.2) is 0 Å². The Morgan fingerprint density at radius 2 is 2.10 bits per heavy atom. The van der Waals surface area contributed by atoms with Gasteiger partial charge in [-0.1, -0.05) is 31.4 Å². The van der Waals surface area contributed by atoms with Gasteiger partial charge >= 0.3 is 6.03 Å². The fourth-order valence-electron chi connectivity index (χ4n) is 5.42. The van der Waals surface area contributed by atoms with Crippen molar-refractivity contribution in [3.8, 4) is 0 Å². The van der Waals surface area contributed by atoms with Crippen LogP contribution in [0, 0.1) is 12.8 Å². The number of nitrogens with one attached hydrogen (secondary N) is 2. The van der Waals surface area contributed by atoms with Gasteiger partial charge in [-0.25, -0.2) is 4.79 Å². The van der Waals surface area contributed by atoms with E-state index in [-0.39, 0.29) is 24.3 Å². The van der Waals surface area contributed by atoms with E-state index in [1.807, 2.05) is 6.92 Å². The maximum atomic E-state index is 13.2. The molecule has 4 amide bonds. The molecule has 2 N–H and O–H groups in total. The van der Waals surface area contributed by atoms with Gasteiger partial charge in [-0.15, -0.1) is 0 Å². The Kier molecular flexibility index (Phi) is 4.38. The summed E-state index contributed by atoms with van der Waals surface area (Å²) < 4.78 is 0. The third-order valence-corrected chi connectivity index (χ3v) is 7.28. The van der Waals surface area contributed by atoms with E-state index >= 15 is 0 Å². The number of hydrogen-bond donors (Lipinski definition) is 2. The summed E-state index contributed by atoms with van der Waals surface area (Å²) in [5, 5.41) is 4.08. The molecule has 1 aliphatic carbocycles. The Balaban J connectivity index is 1.34. The monoisotopic (exact) mass is 408 g/mol. The molecule has 1 saturated heterocycles. The zero-order valence-electron chi connectivity index (χ0n) is 17.6. The number of aromatic nitrogens is 1. The molecular weight excluding hydrogens is 380 g/mol. The molecule has 0 radical (unpaired) electrons. The van der Waals surface area contributed by atoms with E-state index in [0.717, 1.165) is 47.0 Å². The van der Waals surface area contributed by atoms with Gasteiger partial charge in [0.1, 0.15) is 12.1 Å². The minimum atomic E-state index is -0.820. The molecule has 2 fully saturated rings. The largest absolute Gasteiger partial charge is 0.358 e. The van der Waals surface area contributed by atoms with E-state index in [4.69, 9.17) is 0 Å². The average molecular weight is 409 g/mol. The number of aryl methyl sites for hydroxylation is 1. The molecule has 1 aromatic carbocycles. The summed E-state index contributed by atoms with van der Waals surface area (Å²) in [6.45, 7) is 4.99. The van der Waals surface area contributed by atoms with E-state index in [1.54, 1.807) is 4.90 Å². The minimum Gasteiger partial charge on any atom is -0.358 e. The second kappa shape index (κ2) is 6.86. The van der Waals surface area contributed by atoms with Gasteiger partial charge in [0, 0.05) is 41.7 Å². The molecule has 1 saturated carbocycles. The fourth-order valence-corrected chi connectivity index (χ4v) is 5.42. The Bertz CT molecular complexity index is 1060. The second-order valence-electron chi connectivity index (χ2n) is 9.14. The van der Waals surface area contributed by atoms with Crippen molar-refractivity contribution >= 4 is 28.7 Å². The van der Waals surface area contributed by atoms with Gasteiger partial charge in [0.05, 0.1) is 0 Å². The number of aromatic amines is 1. The highest BCUT2D eigenvalue weighted by Crippen LogP contribution is 2.38. The molecule has 7 heteroatoms. The molecule has 3 heterocycles.